The average Bonchev–Trinajstić information content (AvgIpc) is 3.61. The first-order chi connectivity index (χ1) is 20.4. The van der Waals surface area contributed by atoms with Crippen molar-refractivity contribution in [1.82, 2.24) is 14.5 Å². The van der Waals surface area contributed by atoms with Gasteiger partial charge >= 0.3 is 0 Å². The van der Waals surface area contributed by atoms with Crippen molar-refractivity contribution in [1.29, 1.82) is 0 Å². The second-order valence-corrected chi connectivity index (χ2v) is 11.9. The number of carbonyl (C=O) groups is 1. The highest BCUT2D eigenvalue weighted by molar-refractivity contribution is 7.80. The molecule has 5 aromatic rings. The molecule has 0 unspecified atom stereocenters. The van der Waals surface area contributed by atoms with Gasteiger partial charge in [0.25, 0.3) is 0 Å². The fraction of sp³-hybridized carbons (Fsp3) is 0.273. The zero-order valence-electron chi connectivity index (χ0n) is 23.3. The minimum atomic E-state index is -0.517. The summed E-state index contributed by atoms with van der Waals surface area (Å²) in [5, 5.41) is 0. The van der Waals surface area contributed by atoms with Crippen LogP contribution in [-0.4, -0.2) is 25.2 Å². The quantitative estimate of drug-likeness (QED) is 0.0937. The van der Waals surface area contributed by atoms with Gasteiger partial charge in [-0.25, -0.2) is 13.8 Å². The number of imidazole rings is 1. The van der Waals surface area contributed by atoms with Crippen molar-refractivity contribution in [2.75, 3.05) is 0 Å². The number of ketones is 1. The van der Waals surface area contributed by atoms with Crippen molar-refractivity contribution < 1.29 is 18.3 Å². The number of thiophene rings is 1. The summed E-state index contributed by atoms with van der Waals surface area (Å²) in [4.78, 5) is 22.9. The van der Waals surface area contributed by atoms with Gasteiger partial charge in [-0.05, 0) is 47.9 Å². The van der Waals surface area contributed by atoms with Gasteiger partial charge in [-0.1, -0.05) is 56.6 Å². The van der Waals surface area contributed by atoms with Gasteiger partial charge in [0.05, 0.1) is 27.1 Å². The summed E-state index contributed by atoms with van der Waals surface area (Å²) in [5.74, 6) is -0.320. The largest absolute Gasteiger partial charge is 0.453 e. The minimum absolute atomic E-state index is 0.0669. The average molecular weight is 604 g/mol. The molecule has 0 N–H and O–H groups in total. The van der Waals surface area contributed by atoms with Gasteiger partial charge in [-0.2, -0.15) is 0 Å². The Labute approximate surface area is 253 Å². The van der Waals surface area contributed by atoms with Crippen LogP contribution in [0.25, 0.3) is 20.8 Å². The molecule has 5 rings (SSSR count). The van der Waals surface area contributed by atoms with E-state index in [9.17, 15) is 9.18 Å². The molecule has 3 aromatic heterocycles. The van der Waals surface area contributed by atoms with E-state index in [4.69, 9.17) is 17.0 Å². The van der Waals surface area contributed by atoms with Gasteiger partial charge in [-0.15, -0.1) is 11.3 Å². The lowest BCUT2D eigenvalue weighted by Gasteiger charge is -2.10. The van der Waals surface area contributed by atoms with Crippen LogP contribution in [-0.2, 0) is 24.2 Å². The number of rotatable bonds is 14. The number of nitrogens with zero attached hydrogens (tertiary/aromatic N) is 3. The SMILES string of the molecule is CCCCCCn1cnc(-c2cc3nccc(Oc4ccc(CC(=S)CC(=O)Cc5ccc(F)cc5)cc4F)c3s2)c1. The van der Waals surface area contributed by atoms with E-state index in [2.05, 4.69) is 27.7 Å². The first-order valence-electron chi connectivity index (χ1n) is 14.0. The number of aromatic nitrogens is 3. The lowest BCUT2D eigenvalue weighted by atomic mass is 10.0. The monoisotopic (exact) mass is 603 g/mol. The Morgan fingerprint density at radius 2 is 1.76 bits per heavy atom. The second-order valence-electron chi connectivity index (χ2n) is 10.3. The third-order valence-electron chi connectivity index (χ3n) is 6.86. The molecule has 216 valence electrons. The van der Waals surface area contributed by atoms with Crippen LogP contribution >= 0.6 is 23.6 Å². The van der Waals surface area contributed by atoms with Gasteiger partial charge in [0.2, 0.25) is 0 Å². The van der Waals surface area contributed by atoms with Crippen LogP contribution in [0.1, 0.15) is 50.2 Å². The molecule has 0 saturated heterocycles. The van der Waals surface area contributed by atoms with Crippen LogP contribution in [0.4, 0.5) is 8.78 Å². The number of halogens is 2. The van der Waals surface area contributed by atoms with Gasteiger partial charge in [0.1, 0.15) is 17.3 Å². The standard InChI is InChI=1S/C33H31F2N3O2S2/c1-2-3-4-5-14-38-20-29(37-21-38)32-19-28-33(42-32)31(12-13-36-28)40-30-11-8-23(17-27(30)35)16-26(41)18-25(39)15-22-6-9-24(34)10-7-22/h6-13,17,19-21H,2-5,14-16,18H2,1H3. The summed E-state index contributed by atoms with van der Waals surface area (Å²) in [7, 11) is 0. The Kier molecular flexibility index (Phi) is 9.81. The smallest absolute Gasteiger partial charge is 0.166 e. The molecule has 3 heterocycles. The molecule has 42 heavy (non-hydrogen) atoms. The van der Waals surface area contributed by atoms with Crippen molar-refractivity contribution in [2.45, 2.75) is 58.4 Å². The molecule has 2 aromatic carbocycles. The molecular weight excluding hydrogens is 573 g/mol. The predicted octanol–water partition coefficient (Wildman–Crippen LogP) is 8.92. The lowest BCUT2D eigenvalue weighted by Crippen LogP contribution is -2.11. The number of thiocarbonyl (C=S) groups is 1. The third-order valence-corrected chi connectivity index (χ3v) is 8.31. The molecule has 0 aliphatic heterocycles. The maximum atomic E-state index is 15.1. The lowest BCUT2D eigenvalue weighted by molar-refractivity contribution is -0.117. The summed E-state index contributed by atoms with van der Waals surface area (Å²) < 4.78 is 37.1. The molecule has 0 fully saturated rings. The topological polar surface area (TPSA) is 57.0 Å². The van der Waals surface area contributed by atoms with Crippen LogP contribution in [0.5, 0.6) is 11.5 Å². The van der Waals surface area contributed by atoms with E-state index in [1.54, 1.807) is 36.5 Å². The molecule has 0 amide bonds. The summed E-state index contributed by atoms with van der Waals surface area (Å²) in [6.45, 7) is 3.14. The van der Waals surface area contributed by atoms with Crippen molar-refractivity contribution in [3.63, 3.8) is 0 Å². The highest BCUT2D eigenvalue weighted by Crippen LogP contribution is 2.39. The number of ether oxygens (including phenoxy) is 1. The van der Waals surface area contributed by atoms with Gasteiger partial charge in [0.15, 0.2) is 11.6 Å². The fourth-order valence-electron chi connectivity index (χ4n) is 4.71. The molecule has 0 saturated carbocycles. The molecule has 5 nitrogen and oxygen atoms in total. The maximum Gasteiger partial charge on any atom is 0.166 e. The van der Waals surface area contributed by atoms with Crippen LogP contribution in [0.15, 0.2) is 73.3 Å². The van der Waals surface area contributed by atoms with Crippen LogP contribution in [0.2, 0.25) is 0 Å². The summed E-state index contributed by atoms with van der Waals surface area (Å²) in [6.07, 6.45) is 10.9. The predicted molar refractivity (Wildman–Crippen MR) is 167 cm³/mol. The molecule has 0 bridgehead atoms. The Morgan fingerprint density at radius 1 is 0.952 bits per heavy atom. The minimum Gasteiger partial charge on any atom is -0.453 e. The number of unbranched alkanes of at least 4 members (excludes halogenated alkanes) is 3. The number of hydrogen-bond acceptors (Lipinski definition) is 6. The fourth-order valence-corrected chi connectivity index (χ4v) is 6.06. The number of hydrogen-bond donors (Lipinski definition) is 0. The van der Waals surface area contributed by atoms with Crippen LogP contribution < -0.4 is 4.74 Å². The highest BCUT2D eigenvalue weighted by Gasteiger charge is 2.15. The molecule has 9 heteroatoms. The van der Waals surface area contributed by atoms with Crippen LogP contribution in [0.3, 0.4) is 0 Å². The molecule has 0 spiro atoms. The van der Waals surface area contributed by atoms with Crippen molar-refractivity contribution in [3.05, 3.63) is 96.1 Å². The van der Waals surface area contributed by atoms with Gasteiger partial charge in [-0.3, -0.25) is 9.78 Å². The first-order valence-corrected chi connectivity index (χ1v) is 15.2. The highest BCUT2D eigenvalue weighted by atomic mass is 32.1. The zero-order chi connectivity index (χ0) is 29.5. The van der Waals surface area contributed by atoms with Crippen molar-refractivity contribution >= 4 is 44.4 Å². The van der Waals surface area contributed by atoms with E-state index in [0.29, 0.717) is 22.6 Å². The van der Waals surface area contributed by atoms with Gasteiger partial charge in [0, 0.05) is 49.1 Å². The molecule has 0 aliphatic carbocycles. The summed E-state index contributed by atoms with van der Waals surface area (Å²) in [5.41, 5.74) is 3.02. The molecule has 0 atom stereocenters. The second kappa shape index (κ2) is 13.9. The Morgan fingerprint density at radius 3 is 2.55 bits per heavy atom. The Bertz CT molecular complexity index is 1700. The van der Waals surface area contributed by atoms with Crippen molar-refractivity contribution in [2.24, 2.45) is 0 Å². The number of aryl methyl sites for hydroxylation is 1. The number of benzene rings is 2. The maximum absolute atomic E-state index is 15.1. The summed E-state index contributed by atoms with van der Waals surface area (Å²) >= 11 is 6.92. The normalized spacial score (nSPS) is 11.2. The molecule has 0 aliphatic rings. The Hall–Kier alpha value is -3.82. The van der Waals surface area contributed by atoms with E-state index in [1.807, 2.05) is 12.4 Å². The molecular formula is C33H31F2N3O2S2. The van der Waals surface area contributed by atoms with E-state index < -0.39 is 5.82 Å². The van der Waals surface area contributed by atoms with E-state index in [1.165, 1.54) is 48.8 Å². The number of Topliss-reactive ketones (excluding diaryl/α,β-unsaturated/α-hetero) is 1. The summed E-state index contributed by atoms with van der Waals surface area (Å²) in [6, 6.07) is 14.2. The van der Waals surface area contributed by atoms with Crippen LogP contribution in [0, 0.1) is 11.6 Å². The molecule has 0 radical (unpaired) electrons. The van der Waals surface area contributed by atoms with Gasteiger partial charge < -0.3 is 9.30 Å². The van der Waals surface area contributed by atoms with E-state index in [0.717, 1.165) is 39.3 Å². The van der Waals surface area contributed by atoms with E-state index in [-0.39, 0.29) is 30.2 Å². The van der Waals surface area contributed by atoms with Crippen molar-refractivity contribution in [3.8, 4) is 22.1 Å². The zero-order valence-corrected chi connectivity index (χ0v) is 24.9. The van der Waals surface area contributed by atoms with E-state index >= 15 is 4.39 Å². The third kappa shape index (κ3) is 7.72. The number of fused-ring (bicyclic) bond motifs is 1. The first kappa shape index (κ1) is 29.7. The number of pyridine rings is 1. The Balaban J connectivity index is 1.22. The number of carbonyl (C=O) groups excluding carboxylic acids is 1.